The van der Waals surface area contributed by atoms with E-state index in [-0.39, 0.29) is 5.88 Å². The Kier molecular flexibility index (Phi) is 3.05. The van der Waals surface area contributed by atoms with Crippen molar-refractivity contribution in [3.05, 3.63) is 58.0 Å². The van der Waals surface area contributed by atoms with Gasteiger partial charge >= 0.3 is 0 Å². The number of aromatic amines is 1. The molecule has 0 spiro atoms. The Labute approximate surface area is 131 Å². The van der Waals surface area contributed by atoms with Gasteiger partial charge in [-0.2, -0.15) is 10.2 Å². The van der Waals surface area contributed by atoms with Crippen molar-refractivity contribution >= 4 is 35.2 Å². The smallest absolute Gasteiger partial charge is 0.196 e. The van der Waals surface area contributed by atoms with Gasteiger partial charge in [0.1, 0.15) is 6.29 Å². The summed E-state index contributed by atoms with van der Waals surface area (Å²) >= 11 is 0. The second-order valence-electron chi connectivity index (χ2n) is 5.40. The summed E-state index contributed by atoms with van der Waals surface area (Å²) in [6, 6.07) is 11.5. The summed E-state index contributed by atoms with van der Waals surface area (Å²) in [6.07, 6.45) is 4.78. The predicted molar refractivity (Wildman–Crippen MR) is 88.0 cm³/mol. The van der Waals surface area contributed by atoms with Crippen molar-refractivity contribution < 1.29 is 9.90 Å². The zero-order valence-electron chi connectivity index (χ0n) is 12.2. The number of fused-ring (bicyclic) bond motifs is 2. The molecule has 1 aliphatic heterocycles. The predicted octanol–water partition coefficient (Wildman–Crippen LogP) is 2.28. The van der Waals surface area contributed by atoms with Crippen molar-refractivity contribution in [2.45, 2.75) is 6.42 Å². The van der Waals surface area contributed by atoms with Crippen LogP contribution in [0.25, 0.3) is 23.2 Å². The van der Waals surface area contributed by atoms with E-state index in [1.165, 1.54) is 0 Å². The molecule has 5 nitrogen and oxygen atoms in total. The minimum atomic E-state index is 0.0898. The summed E-state index contributed by atoms with van der Waals surface area (Å²) in [5, 5.41) is 21.0. The van der Waals surface area contributed by atoms with Crippen LogP contribution in [0, 0.1) is 0 Å². The first-order valence-corrected chi connectivity index (χ1v) is 7.25. The van der Waals surface area contributed by atoms with Crippen LogP contribution in [0.2, 0.25) is 0 Å². The van der Waals surface area contributed by atoms with Gasteiger partial charge in [0.25, 0.3) is 0 Å². The number of rotatable bonds is 3. The number of carbonyl (C=O) groups is 1. The second kappa shape index (κ2) is 5.21. The van der Waals surface area contributed by atoms with Gasteiger partial charge in [-0.05, 0) is 22.9 Å². The van der Waals surface area contributed by atoms with Crippen LogP contribution >= 0.6 is 0 Å². The molecule has 23 heavy (non-hydrogen) atoms. The molecule has 0 atom stereocenters. The first-order valence-electron chi connectivity index (χ1n) is 7.25. The van der Waals surface area contributed by atoms with Crippen molar-refractivity contribution in [2.24, 2.45) is 10.2 Å². The van der Waals surface area contributed by atoms with Gasteiger partial charge in [0, 0.05) is 22.6 Å². The van der Waals surface area contributed by atoms with E-state index in [2.05, 4.69) is 15.2 Å². The summed E-state index contributed by atoms with van der Waals surface area (Å²) in [5.41, 5.74) is 3.17. The van der Waals surface area contributed by atoms with Crippen molar-refractivity contribution in [2.75, 3.05) is 0 Å². The van der Waals surface area contributed by atoms with Crippen LogP contribution in [0.15, 0.2) is 46.6 Å². The van der Waals surface area contributed by atoms with E-state index >= 15 is 0 Å². The van der Waals surface area contributed by atoms with Gasteiger partial charge in [0.15, 0.2) is 5.88 Å². The number of nitrogens with one attached hydrogen (secondary N) is 1. The first kappa shape index (κ1) is 13.5. The van der Waals surface area contributed by atoms with Gasteiger partial charge in [0.2, 0.25) is 0 Å². The van der Waals surface area contributed by atoms with Crippen LogP contribution in [0.5, 0.6) is 5.88 Å². The molecular weight excluding hydrogens is 290 g/mol. The van der Waals surface area contributed by atoms with Crippen molar-refractivity contribution in [3.8, 4) is 5.88 Å². The number of benzene rings is 2. The molecule has 3 aromatic rings. The highest BCUT2D eigenvalue weighted by Crippen LogP contribution is 2.30. The van der Waals surface area contributed by atoms with E-state index in [9.17, 15) is 9.90 Å². The monoisotopic (exact) mass is 303 g/mol. The Balaban J connectivity index is 1.93. The van der Waals surface area contributed by atoms with Gasteiger partial charge in [0.05, 0.1) is 17.4 Å². The van der Waals surface area contributed by atoms with Crippen LogP contribution in [0.4, 0.5) is 5.69 Å². The number of hydrogen-bond acceptors (Lipinski definition) is 4. The van der Waals surface area contributed by atoms with Crippen LogP contribution < -0.4 is 10.4 Å². The van der Waals surface area contributed by atoms with Crippen LogP contribution in [0.3, 0.4) is 0 Å². The molecule has 0 saturated carbocycles. The average molecular weight is 303 g/mol. The zero-order chi connectivity index (χ0) is 15.8. The number of aromatic nitrogens is 1. The maximum absolute atomic E-state index is 10.8. The number of nitrogens with zero attached hydrogens (tertiary/aromatic N) is 2. The number of azo groups is 1. The van der Waals surface area contributed by atoms with Crippen molar-refractivity contribution in [1.82, 2.24) is 4.98 Å². The fourth-order valence-corrected chi connectivity index (χ4v) is 2.86. The molecule has 2 aromatic carbocycles. The van der Waals surface area contributed by atoms with Crippen molar-refractivity contribution in [3.63, 3.8) is 0 Å². The minimum absolute atomic E-state index is 0.0898. The quantitative estimate of drug-likeness (QED) is 0.728. The molecule has 2 heterocycles. The number of hydrogen-bond donors (Lipinski definition) is 2. The third-order valence-corrected chi connectivity index (χ3v) is 3.97. The highest BCUT2D eigenvalue weighted by molar-refractivity contribution is 5.94. The first-order chi connectivity index (χ1) is 11.3. The SMILES string of the molecule is O=CCc1cccc2c(/C=c3\ccc4c(c3)N=NC=4)c(O)[nH]c12. The van der Waals surface area contributed by atoms with Gasteiger partial charge < -0.3 is 14.9 Å². The van der Waals surface area contributed by atoms with E-state index in [4.69, 9.17) is 0 Å². The summed E-state index contributed by atoms with van der Waals surface area (Å²) in [6.45, 7) is 0. The fourth-order valence-electron chi connectivity index (χ4n) is 2.86. The molecule has 1 aromatic heterocycles. The number of H-pyrrole nitrogens is 1. The van der Waals surface area contributed by atoms with E-state index in [0.29, 0.717) is 12.0 Å². The average Bonchev–Trinajstić information content (AvgIpc) is 3.13. The van der Waals surface area contributed by atoms with Gasteiger partial charge in [-0.25, -0.2) is 0 Å². The molecule has 5 heteroatoms. The molecule has 0 unspecified atom stereocenters. The number of carbonyl (C=O) groups excluding carboxylic acids is 1. The minimum Gasteiger partial charge on any atom is -0.494 e. The Morgan fingerprint density at radius 3 is 3.00 bits per heavy atom. The lowest BCUT2D eigenvalue weighted by Crippen LogP contribution is -2.06. The summed E-state index contributed by atoms with van der Waals surface area (Å²) < 4.78 is 0. The molecule has 112 valence electrons. The molecule has 2 N–H and O–H groups in total. The normalized spacial score (nSPS) is 13.3. The number of para-hydroxylation sites is 1. The molecule has 0 radical (unpaired) electrons. The summed E-state index contributed by atoms with van der Waals surface area (Å²) in [5.74, 6) is 0.0898. The molecule has 0 aliphatic carbocycles. The third-order valence-electron chi connectivity index (χ3n) is 3.97. The molecule has 0 saturated heterocycles. The lowest BCUT2D eigenvalue weighted by molar-refractivity contribution is -0.107. The Hall–Kier alpha value is -3.21. The standard InChI is InChI=1S/C18H13N3O2/c22-7-6-12-2-1-3-14-15(18(23)20-17(12)14)8-11-4-5-13-10-19-21-16(13)9-11/h1-5,7-10,20,23H,6H2/b11-8+. The second-order valence-corrected chi connectivity index (χ2v) is 5.40. The number of aldehydes is 1. The van der Waals surface area contributed by atoms with Gasteiger partial charge in [-0.3, -0.25) is 0 Å². The third kappa shape index (κ3) is 2.23. The lowest BCUT2D eigenvalue weighted by atomic mass is 10.1. The number of aromatic hydroxyl groups is 1. The maximum atomic E-state index is 10.8. The highest BCUT2D eigenvalue weighted by atomic mass is 16.3. The van der Waals surface area contributed by atoms with E-state index < -0.39 is 0 Å². The molecule has 4 rings (SSSR count). The molecule has 0 bridgehead atoms. The van der Waals surface area contributed by atoms with Crippen LogP contribution in [-0.4, -0.2) is 16.4 Å². The van der Waals surface area contributed by atoms with E-state index in [1.54, 1.807) is 6.20 Å². The Bertz CT molecular complexity index is 1080. The van der Waals surface area contributed by atoms with Crippen LogP contribution in [-0.2, 0) is 11.2 Å². The van der Waals surface area contributed by atoms with Crippen LogP contribution in [0.1, 0.15) is 11.1 Å². The zero-order valence-corrected chi connectivity index (χ0v) is 12.2. The molecular formula is C18H13N3O2. The van der Waals surface area contributed by atoms with Gasteiger partial charge in [-0.1, -0.05) is 30.3 Å². The fraction of sp³-hybridized carbons (Fsp3) is 0.0556. The van der Waals surface area contributed by atoms with E-state index in [0.717, 1.165) is 38.9 Å². The maximum Gasteiger partial charge on any atom is 0.196 e. The highest BCUT2D eigenvalue weighted by Gasteiger charge is 2.11. The largest absolute Gasteiger partial charge is 0.494 e. The molecule has 0 amide bonds. The topological polar surface area (TPSA) is 77.8 Å². The lowest BCUT2D eigenvalue weighted by Gasteiger charge is -1.98. The Morgan fingerprint density at radius 1 is 1.22 bits per heavy atom. The molecule has 1 aliphatic rings. The van der Waals surface area contributed by atoms with E-state index in [1.807, 2.05) is 42.5 Å². The summed E-state index contributed by atoms with van der Waals surface area (Å²) in [7, 11) is 0. The van der Waals surface area contributed by atoms with Crippen molar-refractivity contribution in [1.29, 1.82) is 0 Å². The summed E-state index contributed by atoms with van der Waals surface area (Å²) in [4.78, 5) is 13.8. The van der Waals surface area contributed by atoms with Gasteiger partial charge in [-0.15, -0.1) is 0 Å². The molecule has 0 fully saturated rings. The Morgan fingerprint density at radius 2 is 2.13 bits per heavy atom.